The number of hydrogen-bond donors (Lipinski definition) is 2. The molecule has 0 fully saturated rings. The molecule has 6 heteroatoms. The van der Waals surface area contributed by atoms with Crippen molar-refractivity contribution in [2.75, 3.05) is 5.32 Å². The minimum absolute atomic E-state index is 0.413. The van der Waals surface area contributed by atoms with Crippen LogP contribution in [-0.2, 0) is 0 Å². The van der Waals surface area contributed by atoms with Crippen molar-refractivity contribution in [1.29, 1.82) is 0 Å². The van der Waals surface area contributed by atoms with Gasteiger partial charge in [0.2, 0.25) is 0 Å². The van der Waals surface area contributed by atoms with Crippen LogP contribution in [0.3, 0.4) is 0 Å². The van der Waals surface area contributed by atoms with Crippen molar-refractivity contribution in [1.82, 2.24) is 10.4 Å². The summed E-state index contributed by atoms with van der Waals surface area (Å²) in [6, 6.07) is 9.50. The largest absolute Gasteiger partial charge is 0.316 e. The first-order valence-corrected chi connectivity index (χ1v) is 6.18. The third-order valence-corrected chi connectivity index (χ3v) is 2.81. The Bertz CT molecular complexity index is 493. The number of aromatic nitrogens is 1. The first-order valence-electron chi connectivity index (χ1n) is 4.89. The maximum absolute atomic E-state index is 5.06. The summed E-state index contributed by atoms with van der Waals surface area (Å²) >= 11 is 6.67. The van der Waals surface area contributed by atoms with Crippen molar-refractivity contribution < 1.29 is 0 Å². The van der Waals surface area contributed by atoms with Gasteiger partial charge in [0.05, 0.1) is 6.21 Å². The predicted octanol–water partition coefficient (Wildman–Crippen LogP) is 2.46. The van der Waals surface area contributed by atoms with Crippen molar-refractivity contribution >= 4 is 40.7 Å². The van der Waals surface area contributed by atoms with Crippen LogP contribution in [0.15, 0.2) is 47.0 Å². The number of pyridine rings is 1. The molecule has 0 aliphatic heterocycles. The maximum Gasteiger partial charge on any atom is 0.192 e. The first-order chi connectivity index (χ1) is 8.34. The second-order valence-electron chi connectivity index (χ2n) is 3.05. The second kappa shape index (κ2) is 6.07. The fourth-order valence-corrected chi connectivity index (χ4v) is 1.84. The van der Waals surface area contributed by atoms with Gasteiger partial charge in [-0.25, -0.2) is 4.98 Å². The van der Waals surface area contributed by atoms with Crippen LogP contribution in [0, 0.1) is 0 Å². The van der Waals surface area contributed by atoms with Crippen LogP contribution < -0.4 is 10.7 Å². The lowest BCUT2D eigenvalue weighted by Gasteiger charge is -2.04. The van der Waals surface area contributed by atoms with E-state index in [1.807, 2.05) is 35.7 Å². The molecule has 2 rings (SSSR count). The van der Waals surface area contributed by atoms with Crippen LogP contribution >= 0.6 is 23.6 Å². The summed E-state index contributed by atoms with van der Waals surface area (Å²) < 4.78 is 0. The Balaban J connectivity index is 1.82. The molecular formula is C11H10N4S2. The molecule has 0 bridgehead atoms. The maximum atomic E-state index is 5.06. The van der Waals surface area contributed by atoms with Gasteiger partial charge < -0.3 is 5.32 Å². The standard InChI is InChI=1S/C11H10N4S2/c16-11(14-10-5-1-2-6-12-10)15-13-8-9-4-3-7-17-9/h1-8H,(H2,12,14,15,16)/b13-8+. The Morgan fingerprint density at radius 3 is 3.00 bits per heavy atom. The van der Waals surface area contributed by atoms with Crippen LogP contribution in [0.1, 0.15) is 4.88 Å². The van der Waals surface area contributed by atoms with Crippen LogP contribution in [0.25, 0.3) is 0 Å². The lowest BCUT2D eigenvalue weighted by Crippen LogP contribution is -2.24. The molecule has 86 valence electrons. The SMILES string of the molecule is S=C(N/N=C/c1cccs1)Nc1ccccn1. The third-order valence-electron chi connectivity index (χ3n) is 1.81. The van der Waals surface area contributed by atoms with Gasteiger partial charge in [-0.3, -0.25) is 5.43 Å². The summed E-state index contributed by atoms with van der Waals surface area (Å²) in [5.41, 5.74) is 2.73. The molecule has 0 saturated carbocycles. The number of rotatable bonds is 3. The van der Waals surface area contributed by atoms with Gasteiger partial charge in [-0.2, -0.15) is 5.10 Å². The van der Waals surface area contributed by atoms with E-state index in [9.17, 15) is 0 Å². The van der Waals surface area contributed by atoms with E-state index in [2.05, 4.69) is 20.8 Å². The average molecular weight is 262 g/mol. The Morgan fingerprint density at radius 1 is 1.35 bits per heavy atom. The molecular weight excluding hydrogens is 252 g/mol. The Hall–Kier alpha value is -1.79. The van der Waals surface area contributed by atoms with Gasteiger partial charge in [-0.1, -0.05) is 12.1 Å². The molecule has 2 aromatic rings. The van der Waals surface area contributed by atoms with Gasteiger partial charge in [0.15, 0.2) is 5.11 Å². The van der Waals surface area contributed by atoms with Crippen molar-refractivity contribution in [3.63, 3.8) is 0 Å². The highest BCUT2D eigenvalue weighted by Gasteiger charge is 1.95. The van der Waals surface area contributed by atoms with Gasteiger partial charge in [-0.05, 0) is 35.8 Å². The summed E-state index contributed by atoms with van der Waals surface area (Å²) in [7, 11) is 0. The molecule has 0 unspecified atom stereocenters. The van der Waals surface area contributed by atoms with Gasteiger partial charge in [-0.15, -0.1) is 11.3 Å². The number of hydrazone groups is 1. The van der Waals surface area contributed by atoms with Crippen LogP contribution in [0.5, 0.6) is 0 Å². The van der Waals surface area contributed by atoms with E-state index in [1.54, 1.807) is 23.7 Å². The number of nitrogens with one attached hydrogen (secondary N) is 2. The average Bonchev–Trinajstić information content (AvgIpc) is 2.83. The molecule has 0 saturated heterocycles. The normalized spacial score (nSPS) is 10.4. The van der Waals surface area contributed by atoms with E-state index in [0.717, 1.165) is 4.88 Å². The van der Waals surface area contributed by atoms with Gasteiger partial charge in [0.1, 0.15) is 5.82 Å². The van der Waals surface area contributed by atoms with Gasteiger partial charge >= 0.3 is 0 Å². The third kappa shape index (κ3) is 3.93. The Labute approximate surface area is 108 Å². The van der Waals surface area contributed by atoms with Crippen molar-refractivity contribution in [2.24, 2.45) is 5.10 Å². The van der Waals surface area contributed by atoms with Crippen molar-refractivity contribution in [2.45, 2.75) is 0 Å². The molecule has 0 radical (unpaired) electrons. The number of thiocarbonyl (C=S) groups is 1. The fraction of sp³-hybridized carbons (Fsp3) is 0. The molecule has 4 nitrogen and oxygen atoms in total. The van der Waals surface area contributed by atoms with E-state index >= 15 is 0 Å². The molecule has 0 atom stereocenters. The summed E-state index contributed by atoms with van der Waals surface area (Å²) in [6.07, 6.45) is 3.41. The highest BCUT2D eigenvalue weighted by Crippen LogP contribution is 2.04. The molecule has 2 N–H and O–H groups in total. The lowest BCUT2D eigenvalue weighted by atomic mass is 10.5. The summed E-state index contributed by atoms with van der Waals surface area (Å²) in [6.45, 7) is 0. The summed E-state index contributed by atoms with van der Waals surface area (Å²) in [5, 5.41) is 9.34. The topological polar surface area (TPSA) is 49.3 Å². The number of anilines is 1. The zero-order valence-electron chi connectivity index (χ0n) is 8.83. The van der Waals surface area contributed by atoms with Crippen LogP contribution in [-0.4, -0.2) is 16.3 Å². The first kappa shape index (κ1) is 11.7. The quantitative estimate of drug-likeness (QED) is 0.507. The number of nitrogens with zero attached hydrogens (tertiary/aromatic N) is 2. The van der Waals surface area contributed by atoms with E-state index in [4.69, 9.17) is 12.2 Å². The predicted molar refractivity (Wildman–Crippen MR) is 75.5 cm³/mol. The van der Waals surface area contributed by atoms with Crippen molar-refractivity contribution in [3.8, 4) is 0 Å². The van der Waals surface area contributed by atoms with Crippen molar-refractivity contribution in [3.05, 3.63) is 46.8 Å². The molecule has 0 amide bonds. The molecule has 2 heterocycles. The molecule has 0 aliphatic carbocycles. The lowest BCUT2D eigenvalue weighted by molar-refractivity contribution is 1.05. The highest BCUT2D eigenvalue weighted by atomic mass is 32.1. The summed E-state index contributed by atoms with van der Waals surface area (Å²) in [5.74, 6) is 0.691. The molecule has 0 aromatic carbocycles. The zero-order valence-corrected chi connectivity index (χ0v) is 10.5. The molecule has 0 spiro atoms. The minimum Gasteiger partial charge on any atom is -0.316 e. The van der Waals surface area contributed by atoms with E-state index < -0.39 is 0 Å². The van der Waals surface area contributed by atoms with Crippen LogP contribution in [0.4, 0.5) is 5.82 Å². The molecule has 0 aliphatic rings. The Kier molecular flexibility index (Phi) is 4.17. The van der Waals surface area contributed by atoms with Gasteiger partial charge in [0, 0.05) is 11.1 Å². The zero-order chi connectivity index (χ0) is 11.9. The second-order valence-corrected chi connectivity index (χ2v) is 4.44. The van der Waals surface area contributed by atoms with Gasteiger partial charge in [0.25, 0.3) is 0 Å². The number of thiophene rings is 1. The molecule has 2 aromatic heterocycles. The Morgan fingerprint density at radius 2 is 2.29 bits per heavy atom. The van der Waals surface area contributed by atoms with E-state index in [0.29, 0.717) is 10.9 Å². The monoisotopic (exact) mass is 262 g/mol. The smallest absolute Gasteiger partial charge is 0.192 e. The number of hydrogen-bond acceptors (Lipinski definition) is 4. The molecule has 17 heavy (non-hydrogen) atoms. The summed E-state index contributed by atoms with van der Waals surface area (Å²) in [4.78, 5) is 5.16. The highest BCUT2D eigenvalue weighted by molar-refractivity contribution is 7.80. The van der Waals surface area contributed by atoms with E-state index in [1.165, 1.54) is 0 Å². The van der Waals surface area contributed by atoms with Crippen LogP contribution in [0.2, 0.25) is 0 Å². The fourth-order valence-electron chi connectivity index (χ4n) is 1.10. The minimum atomic E-state index is 0.413. The van der Waals surface area contributed by atoms with E-state index in [-0.39, 0.29) is 0 Å².